The average molecular weight is 258 g/mol. The molecule has 0 spiro atoms. The van der Waals surface area contributed by atoms with Crippen molar-refractivity contribution in [2.75, 3.05) is 0 Å². The van der Waals surface area contributed by atoms with Gasteiger partial charge < -0.3 is 9.73 Å². The molecule has 0 amide bonds. The van der Waals surface area contributed by atoms with Crippen LogP contribution >= 0.6 is 0 Å². The maximum absolute atomic E-state index is 5.44. The lowest BCUT2D eigenvalue weighted by Gasteiger charge is -2.12. The van der Waals surface area contributed by atoms with E-state index in [9.17, 15) is 0 Å². The molecule has 1 unspecified atom stereocenters. The highest BCUT2D eigenvalue weighted by Crippen LogP contribution is 2.08. The summed E-state index contributed by atoms with van der Waals surface area (Å²) < 4.78 is 5.44. The number of oxazole rings is 1. The summed E-state index contributed by atoms with van der Waals surface area (Å²) in [7, 11) is 0. The van der Waals surface area contributed by atoms with Gasteiger partial charge in [-0.25, -0.2) is 4.98 Å². The lowest BCUT2D eigenvalue weighted by atomic mass is 10.0. The Bertz CT molecular complexity index is 519. The highest BCUT2D eigenvalue weighted by atomic mass is 16.4. The highest BCUT2D eigenvalue weighted by molar-refractivity contribution is 5.22. The first kappa shape index (κ1) is 13.8. The Balaban J connectivity index is 1.74. The molecular formula is C16H22N2O. The molecule has 1 N–H and O–H groups in total. The van der Waals surface area contributed by atoms with E-state index < -0.39 is 0 Å². The molecule has 0 saturated carbocycles. The molecule has 1 atom stereocenters. The van der Waals surface area contributed by atoms with Crippen molar-refractivity contribution in [2.45, 2.75) is 46.2 Å². The van der Waals surface area contributed by atoms with Gasteiger partial charge in [-0.15, -0.1) is 0 Å². The fraction of sp³-hybridized carbons (Fsp3) is 0.438. The summed E-state index contributed by atoms with van der Waals surface area (Å²) in [5, 5.41) is 3.44. The Hall–Kier alpha value is -1.61. The molecule has 1 aromatic carbocycles. The van der Waals surface area contributed by atoms with Gasteiger partial charge >= 0.3 is 0 Å². The Labute approximate surface area is 115 Å². The first-order chi connectivity index (χ1) is 9.13. The predicted octanol–water partition coefficient (Wildman–Crippen LogP) is 3.40. The van der Waals surface area contributed by atoms with E-state index >= 15 is 0 Å². The van der Waals surface area contributed by atoms with Gasteiger partial charge in [0.25, 0.3) is 0 Å². The molecule has 1 aromatic heterocycles. The van der Waals surface area contributed by atoms with Crippen LogP contribution < -0.4 is 5.32 Å². The first-order valence-corrected chi connectivity index (χ1v) is 6.84. The molecule has 0 aliphatic heterocycles. The summed E-state index contributed by atoms with van der Waals surface area (Å²) in [4.78, 5) is 4.19. The lowest BCUT2D eigenvalue weighted by Crippen LogP contribution is -2.26. The molecule has 0 aliphatic rings. The lowest BCUT2D eigenvalue weighted by molar-refractivity contribution is 0.420. The average Bonchev–Trinajstić information content (AvgIpc) is 2.80. The minimum Gasteiger partial charge on any atom is -0.445 e. The van der Waals surface area contributed by atoms with Crippen molar-refractivity contribution in [3.8, 4) is 0 Å². The van der Waals surface area contributed by atoms with Gasteiger partial charge in [0.05, 0.1) is 12.7 Å². The molecule has 1 heterocycles. The van der Waals surface area contributed by atoms with Crippen LogP contribution in [0.3, 0.4) is 0 Å². The van der Waals surface area contributed by atoms with E-state index in [1.54, 1.807) is 6.20 Å². The van der Waals surface area contributed by atoms with Crippen molar-refractivity contribution < 1.29 is 4.42 Å². The summed E-state index contributed by atoms with van der Waals surface area (Å²) in [5.74, 6) is 1.63. The number of hydrogen-bond donors (Lipinski definition) is 1. The minimum absolute atomic E-state index is 0.452. The normalized spacial score (nSPS) is 12.6. The van der Waals surface area contributed by atoms with Crippen LogP contribution in [0.4, 0.5) is 0 Å². The summed E-state index contributed by atoms with van der Waals surface area (Å²) >= 11 is 0. The molecule has 2 aromatic rings. The van der Waals surface area contributed by atoms with Crippen molar-refractivity contribution in [3.63, 3.8) is 0 Å². The summed E-state index contributed by atoms with van der Waals surface area (Å²) in [6.07, 6.45) is 3.97. The van der Waals surface area contributed by atoms with Crippen molar-refractivity contribution in [1.82, 2.24) is 10.3 Å². The van der Waals surface area contributed by atoms with Gasteiger partial charge in [-0.1, -0.05) is 29.8 Å². The standard InChI is InChI=1S/C16H22N2O/c1-12-5-4-6-15(9-12)8-7-13(2)17-11-16-18-10-14(3)19-16/h4-6,9-10,13,17H,7-8,11H2,1-3H3. The maximum Gasteiger partial charge on any atom is 0.208 e. The van der Waals surface area contributed by atoms with Crippen LogP contribution in [-0.4, -0.2) is 11.0 Å². The second-order valence-corrected chi connectivity index (χ2v) is 5.17. The third-order valence-electron chi connectivity index (χ3n) is 3.22. The fourth-order valence-electron chi connectivity index (χ4n) is 2.10. The number of hydrogen-bond acceptors (Lipinski definition) is 3. The first-order valence-electron chi connectivity index (χ1n) is 6.84. The molecule has 19 heavy (non-hydrogen) atoms. The van der Waals surface area contributed by atoms with E-state index in [-0.39, 0.29) is 0 Å². The Morgan fingerprint density at radius 3 is 2.84 bits per heavy atom. The zero-order chi connectivity index (χ0) is 13.7. The maximum atomic E-state index is 5.44. The third-order valence-corrected chi connectivity index (χ3v) is 3.22. The van der Waals surface area contributed by atoms with Crippen LogP contribution in [0.2, 0.25) is 0 Å². The van der Waals surface area contributed by atoms with Crippen molar-refractivity contribution in [3.05, 3.63) is 53.2 Å². The zero-order valence-electron chi connectivity index (χ0n) is 11.9. The van der Waals surface area contributed by atoms with Crippen LogP contribution in [0.15, 0.2) is 34.9 Å². The van der Waals surface area contributed by atoms with Crippen LogP contribution in [0, 0.1) is 13.8 Å². The van der Waals surface area contributed by atoms with Gasteiger partial charge in [-0.3, -0.25) is 0 Å². The van der Waals surface area contributed by atoms with Gasteiger partial charge in [0.2, 0.25) is 5.89 Å². The van der Waals surface area contributed by atoms with Gasteiger partial charge in [0.1, 0.15) is 5.76 Å². The van der Waals surface area contributed by atoms with E-state index in [4.69, 9.17) is 4.42 Å². The minimum atomic E-state index is 0.452. The monoisotopic (exact) mass is 258 g/mol. The number of aryl methyl sites for hydroxylation is 3. The van der Waals surface area contributed by atoms with E-state index in [0.29, 0.717) is 12.6 Å². The van der Waals surface area contributed by atoms with Crippen LogP contribution in [0.5, 0.6) is 0 Å². The predicted molar refractivity (Wildman–Crippen MR) is 77.0 cm³/mol. The largest absolute Gasteiger partial charge is 0.445 e. The Morgan fingerprint density at radius 2 is 2.16 bits per heavy atom. The topological polar surface area (TPSA) is 38.1 Å². The molecule has 0 radical (unpaired) electrons. The number of rotatable bonds is 6. The zero-order valence-corrected chi connectivity index (χ0v) is 11.9. The molecule has 102 valence electrons. The number of nitrogens with one attached hydrogen (secondary N) is 1. The van der Waals surface area contributed by atoms with Crippen LogP contribution in [0.1, 0.15) is 36.1 Å². The van der Waals surface area contributed by atoms with Crippen molar-refractivity contribution in [2.24, 2.45) is 0 Å². The Morgan fingerprint density at radius 1 is 1.32 bits per heavy atom. The fourth-order valence-corrected chi connectivity index (χ4v) is 2.10. The summed E-state index contributed by atoms with van der Waals surface area (Å²) in [6.45, 7) is 6.95. The van der Waals surface area contributed by atoms with Gasteiger partial charge in [0, 0.05) is 6.04 Å². The second-order valence-electron chi connectivity index (χ2n) is 5.17. The number of nitrogens with zero attached hydrogens (tertiary/aromatic N) is 1. The Kier molecular flexibility index (Phi) is 4.74. The van der Waals surface area contributed by atoms with Gasteiger partial charge in [-0.2, -0.15) is 0 Å². The highest BCUT2D eigenvalue weighted by Gasteiger charge is 2.05. The quantitative estimate of drug-likeness (QED) is 0.863. The van der Waals surface area contributed by atoms with Crippen LogP contribution in [-0.2, 0) is 13.0 Å². The third kappa shape index (κ3) is 4.52. The SMILES string of the molecule is Cc1cccc(CCC(C)NCc2ncc(C)o2)c1. The molecule has 2 rings (SSSR count). The smallest absolute Gasteiger partial charge is 0.208 e. The molecule has 0 fully saturated rings. The van der Waals surface area contributed by atoms with E-state index in [2.05, 4.69) is 48.4 Å². The van der Waals surface area contributed by atoms with E-state index in [1.807, 2.05) is 6.92 Å². The molecule has 3 nitrogen and oxygen atoms in total. The molecule has 3 heteroatoms. The van der Waals surface area contributed by atoms with Gasteiger partial charge in [0.15, 0.2) is 0 Å². The molecule has 0 saturated heterocycles. The summed E-state index contributed by atoms with van der Waals surface area (Å²) in [6, 6.07) is 9.16. The molecule has 0 bridgehead atoms. The van der Waals surface area contributed by atoms with Gasteiger partial charge in [-0.05, 0) is 39.2 Å². The number of aromatic nitrogens is 1. The second kappa shape index (κ2) is 6.53. The van der Waals surface area contributed by atoms with Crippen LogP contribution in [0.25, 0.3) is 0 Å². The number of benzene rings is 1. The van der Waals surface area contributed by atoms with E-state index in [1.165, 1.54) is 11.1 Å². The molecular weight excluding hydrogens is 236 g/mol. The van der Waals surface area contributed by atoms with E-state index in [0.717, 1.165) is 24.5 Å². The molecule has 0 aliphatic carbocycles. The summed E-state index contributed by atoms with van der Waals surface area (Å²) in [5.41, 5.74) is 2.73. The van der Waals surface area contributed by atoms with Crippen molar-refractivity contribution >= 4 is 0 Å². The van der Waals surface area contributed by atoms with Crippen molar-refractivity contribution in [1.29, 1.82) is 0 Å².